The van der Waals surface area contributed by atoms with Gasteiger partial charge in [-0.1, -0.05) is 74.9 Å². The average molecular weight is 538 g/mol. The van der Waals surface area contributed by atoms with Crippen molar-refractivity contribution in [2.45, 2.75) is 60.4 Å². The summed E-state index contributed by atoms with van der Waals surface area (Å²) in [6, 6.07) is 23.1. The van der Waals surface area contributed by atoms with E-state index in [-0.39, 0.29) is 30.4 Å². The number of nitrogens with zero attached hydrogens (tertiary/aromatic N) is 3. The van der Waals surface area contributed by atoms with E-state index in [1.54, 1.807) is 4.68 Å². The highest BCUT2D eigenvalue weighted by Crippen LogP contribution is 2.28. The van der Waals surface area contributed by atoms with Crippen molar-refractivity contribution in [3.05, 3.63) is 106 Å². The highest BCUT2D eigenvalue weighted by molar-refractivity contribution is 5.96. The molecule has 0 aliphatic rings. The molecule has 0 aliphatic carbocycles. The minimum Gasteiger partial charge on any atom is -0.311 e. The van der Waals surface area contributed by atoms with Gasteiger partial charge in [0.25, 0.3) is 0 Å². The van der Waals surface area contributed by atoms with Crippen molar-refractivity contribution in [3.8, 4) is 5.69 Å². The van der Waals surface area contributed by atoms with Crippen LogP contribution in [0.1, 0.15) is 54.3 Å². The maximum Gasteiger partial charge on any atom is 0.322 e. The Labute approximate surface area is 237 Å². The lowest BCUT2D eigenvalue weighted by Gasteiger charge is -2.23. The number of hydrogen-bond acceptors (Lipinski definition) is 3. The third-order valence-electron chi connectivity index (χ3n) is 6.92. The van der Waals surface area contributed by atoms with E-state index in [1.807, 2.05) is 94.4 Å². The van der Waals surface area contributed by atoms with Gasteiger partial charge in [-0.3, -0.25) is 4.79 Å². The van der Waals surface area contributed by atoms with Gasteiger partial charge in [-0.05, 0) is 68.1 Å². The number of amides is 3. The van der Waals surface area contributed by atoms with Crippen molar-refractivity contribution < 1.29 is 9.59 Å². The monoisotopic (exact) mass is 537 g/mol. The van der Waals surface area contributed by atoms with Crippen LogP contribution in [0.4, 0.5) is 16.3 Å². The molecule has 0 saturated heterocycles. The normalized spacial score (nSPS) is 11.3. The van der Waals surface area contributed by atoms with Gasteiger partial charge in [-0.25, -0.2) is 9.48 Å². The fourth-order valence-corrected chi connectivity index (χ4v) is 4.44. The molecule has 40 heavy (non-hydrogen) atoms. The van der Waals surface area contributed by atoms with Crippen LogP contribution in [0, 0.1) is 27.7 Å². The maximum absolute atomic E-state index is 13.5. The summed E-state index contributed by atoms with van der Waals surface area (Å²) in [7, 11) is 0. The minimum absolute atomic E-state index is 0.130. The smallest absolute Gasteiger partial charge is 0.311 e. The summed E-state index contributed by atoms with van der Waals surface area (Å²) in [5.74, 6) is 0.258. The molecule has 0 spiro atoms. The van der Waals surface area contributed by atoms with Gasteiger partial charge >= 0.3 is 6.03 Å². The molecule has 0 saturated carbocycles. The van der Waals surface area contributed by atoms with Crippen molar-refractivity contribution in [2.24, 2.45) is 0 Å². The number of carbonyl (C=O) groups excluding carboxylic acids is 2. The predicted molar refractivity (Wildman–Crippen MR) is 162 cm³/mol. The van der Waals surface area contributed by atoms with E-state index in [0.717, 1.165) is 39.2 Å². The molecule has 7 heteroatoms. The van der Waals surface area contributed by atoms with E-state index < -0.39 is 0 Å². The molecule has 0 bridgehead atoms. The summed E-state index contributed by atoms with van der Waals surface area (Å²) in [6.45, 7) is 14.5. The van der Waals surface area contributed by atoms with E-state index in [0.29, 0.717) is 11.5 Å². The summed E-state index contributed by atoms with van der Waals surface area (Å²) in [4.78, 5) is 28.4. The molecular weight excluding hydrogens is 498 g/mol. The molecule has 0 radical (unpaired) electrons. The van der Waals surface area contributed by atoms with Crippen molar-refractivity contribution in [3.63, 3.8) is 0 Å². The Morgan fingerprint density at radius 1 is 0.825 bits per heavy atom. The van der Waals surface area contributed by atoms with Gasteiger partial charge in [-0.2, -0.15) is 5.10 Å². The number of benzene rings is 3. The Hall–Kier alpha value is -4.39. The lowest BCUT2D eigenvalue weighted by atomic mass is 9.92. The number of aryl methyl sites for hydroxylation is 4. The first-order valence-corrected chi connectivity index (χ1v) is 13.6. The number of aromatic nitrogens is 2. The molecule has 0 fully saturated rings. The average Bonchev–Trinajstić information content (AvgIpc) is 3.30. The van der Waals surface area contributed by atoms with Gasteiger partial charge < -0.3 is 15.5 Å². The summed E-state index contributed by atoms with van der Waals surface area (Å²) in [5.41, 5.74) is 7.60. The molecule has 1 heterocycles. The van der Waals surface area contributed by atoms with Crippen LogP contribution in [0.2, 0.25) is 0 Å². The molecule has 208 valence electrons. The lowest BCUT2D eigenvalue weighted by Crippen LogP contribution is -2.40. The number of carbonyl (C=O) groups is 2. The molecule has 4 rings (SSSR count). The van der Waals surface area contributed by atoms with Gasteiger partial charge in [0, 0.05) is 23.7 Å². The number of nitrogens with one attached hydrogen (secondary N) is 2. The first-order chi connectivity index (χ1) is 18.9. The summed E-state index contributed by atoms with van der Waals surface area (Å²) < 4.78 is 1.78. The Morgan fingerprint density at radius 2 is 1.55 bits per heavy atom. The largest absolute Gasteiger partial charge is 0.322 e. The molecule has 2 N–H and O–H groups in total. The zero-order valence-corrected chi connectivity index (χ0v) is 24.5. The Bertz CT molecular complexity index is 1520. The highest BCUT2D eigenvalue weighted by Gasteiger charge is 2.24. The topological polar surface area (TPSA) is 79.3 Å². The molecule has 1 aromatic heterocycles. The van der Waals surface area contributed by atoms with Crippen molar-refractivity contribution in [1.82, 2.24) is 14.7 Å². The van der Waals surface area contributed by atoms with Crippen molar-refractivity contribution >= 4 is 23.4 Å². The zero-order chi connectivity index (χ0) is 29.0. The molecule has 0 aliphatic heterocycles. The van der Waals surface area contributed by atoms with Gasteiger partial charge in [0.2, 0.25) is 5.91 Å². The fraction of sp³-hybridized carbons (Fsp3) is 0.303. The number of rotatable bonds is 7. The van der Waals surface area contributed by atoms with Crippen LogP contribution in [0.15, 0.2) is 72.8 Å². The van der Waals surface area contributed by atoms with E-state index in [1.165, 1.54) is 4.90 Å². The lowest BCUT2D eigenvalue weighted by molar-refractivity contribution is -0.116. The Morgan fingerprint density at radius 3 is 2.20 bits per heavy atom. The molecular formula is C33H39N5O2. The zero-order valence-electron chi connectivity index (χ0n) is 24.5. The van der Waals surface area contributed by atoms with Crippen LogP contribution in [-0.4, -0.2) is 33.2 Å². The van der Waals surface area contributed by atoms with Crippen LogP contribution in [-0.2, 0) is 16.8 Å². The molecule has 7 nitrogen and oxygen atoms in total. The van der Waals surface area contributed by atoms with Crippen molar-refractivity contribution in [2.75, 3.05) is 17.2 Å². The molecule has 0 atom stereocenters. The van der Waals surface area contributed by atoms with Crippen LogP contribution >= 0.6 is 0 Å². The van der Waals surface area contributed by atoms with Gasteiger partial charge in [0.1, 0.15) is 12.4 Å². The summed E-state index contributed by atoms with van der Waals surface area (Å²) >= 11 is 0. The third kappa shape index (κ3) is 6.97. The Balaban J connectivity index is 1.60. The standard InChI is InChI=1S/C33H39N5O2/c1-22-13-16-28(25(4)17-22)38-30(19-29(36-38)33(5,6)7)35-31(39)21-37(20-26-11-9-8-10-12-26)32(40)34-27-15-14-23(2)24(3)18-27/h8-19H,20-21H2,1-7H3,(H,34,40)(H,35,39). The second-order valence-electron chi connectivity index (χ2n) is 11.5. The first kappa shape index (κ1) is 28.6. The van der Waals surface area contributed by atoms with Crippen LogP contribution in [0.3, 0.4) is 0 Å². The number of urea groups is 1. The third-order valence-corrected chi connectivity index (χ3v) is 6.92. The van der Waals surface area contributed by atoms with Crippen LogP contribution < -0.4 is 10.6 Å². The molecule has 3 amide bonds. The Kier molecular flexibility index (Phi) is 8.43. The highest BCUT2D eigenvalue weighted by atomic mass is 16.2. The summed E-state index contributed by atoms with van der Waals surface area (Å²) in [6.07, 6.45) is 0. The van der Waals surface area contributed by atoms with Crippen LogP contribution in [0.5, 0.6) is 0 Å². The molecule has 3 aromatic carbocycles. The van der Waals surface area contributed by atoms with Gasteiger partial charge in [0.05, 0.1) is 11.4 Å². The van der Waals surface area contributed by atoms with E-state index in [2.05, 4.69) is 37.5 Å². The van der Waals surface area contributed by atoms with E-state index in [4.69, 9.17) is 5.10 Å². The van der Waals surface area contributed by atoms with Gasteiger partial charge in [0.15, 0.2) is 0 Å². The quantitative estimate of drug-likeness (QED) is 0.264. The molecule has 0 unspecified atom stereocenters. The van der Waals surface area contributed by atoms with Gasteiger partial charge in [-0.15, -0.1) is 0 Å². The minimum atomic E-state index is -0.347. The predicted octanol–water partition coefficient (Wildman–Crippen LogP) is 7.08. The SMILES string of the molecule is Cc1ccc(-n2nc(C(C)(C)C)cc2NC(=O)CN(Cc2ccccc2)C(=O)Nc2ccc(C)c(C)c2)c(C)c1. The number of anilines is 2. The maximum atomic E-state index is 13.5. The van der Waals surface area contributed by atoms with E-state index >= 15 is 0 Å². The second-order valence-corrected chi connectivity index (χ2v) is 11.5. The molecule has 4 aromatic rings. The summed E-state index contributed by atoms with van der Waals surface area (Å²) in [5, 5.41) is 10.9. The fourth-order valence-electron chi connectivity index (χ4n) is 4.44. The number of hydrogen-bond donors (Lipinski definition) is 2. The van der Waals surface area contributed by atoms with E-state index in [9.17, 15) is 9.59 Å². The van der Waals surface area contributed by atoms with Crippen LogP contribution in [0.25, 0.3) is 5.69 Å². The van der Waals surface area contributed by atoms with Crippen molar-refractivity contribution in [1.29, 1.82) is 0 Å². The second kappa shape index (κ2) is 11.8. The first-order valence-electron chi connectivity index (χ1n) is 13.6.